The van der Waals surface area contributed by atoms with E-state index in [-0.39, 0.29) is 5.75 Å². The SMILES string of the molecule is CCCCCCCCOCCCS(=O)(=O)[O-]. The van der Waals surface area contributed by atoms with Crippen LogP contribution in [0, 0.1) is 0 Å². The molecule has 4 nitrogen and oxygen atoms in total. The lowest BCUT2D eigenvalue weighted by atomic mass is 10.1. The summed E-state index contributed by atoms with van der Waals surface area (Å²) in [4.78, 5) is 0. The lowest BCUT2D eigenvalue weighted by Crippen LogP contribution is -2.07. The van der Waals surface area contributed by atoms with E-state index < -0.39 is 10.1 Å². The van der Waals surface area contributed by atoms with Gasteiger partial charge in [-0.3, -0.25) is 0 Å². The second kappa shape index (κ2) is 10.1. The van der Waals surface area contributed by atoms with E-state index in [0.717, 1.165) is 6.42 Å². The van der Waals surface area contributed by atoms with Crippen LogP contribution in [0.4, 0.5) is 0 Å². The zero-order chi connectivity index (χ0) is 12.3. The summed E-state index contributed by atoms with van der Waals surface area (Å²) in [5.41, 5.74) is 0. The zero-order valence-corrected chi connectivity index (χ0v) is 10.9. The van der Waals surface area contributed by atoms with Gasteiger partial charge in [-0.05, 0) is 12.8 Å². The van der Waals surface area contributed by atoms with Crippen molar-refractivity contribution in [2.75, 3.05) is 19.0 Å². The van der Waals surface area contributed by atoms with Crippen molar-refractivity contribution in [3.05, 3.63) is 0 Å². The van der Waals surface area contributed by atoms with Crippen LogP contribution in [0.25, 0.3) is 0 Å². The van der Waals surface area contributed by atoms with Crippen molar-refractivity contribution >= 4 is 10.1 Å². The minimum atomic E-state index is -4.06. The Morgan fingerprint density at radius 3 is 2.12 bits per heavy atom. The summed E-state index contributed by atoms with van der Waals surface area (Å²) < 4.78 is 36.0. The molecule has 16 heavy (non-hydrogen) atoms. The summed E-state index contributed by atoms with van der Waals surface area (Å²) in [6, 6.07) is 0. The maximum absolute atomic E-state index is 10.3. The fraction of sp³-hybridized carbons (Fsp3) is 1.00. The van der Waals surface area contributed by atoms with Gasteiger partial charge in [-0.15, -0.1) is 0 Å². The van der Waals surface area contributed by atoms with Crippen LogP contribution < -0.4 is 0 Å². The van der Waals surface area contributed by atoms with Crippen LogP contribution in [-0.4, -0.2) is 31.9 Å². The molecular weight excluding hydrogens is 228 g/mol. The van der Waals surface area contributed by atoms with E-state index in [9.17, 15) is 13.0 Å². The van der Waals surface area contributed by atoms with Crippen LogP contribution in [0.15, 0.2) is 0 Å². The zero-order valence-electron chi connectivity index (χ0n) is 10.1. The van der Waals surface area contributed by atoms with E-state index in [1.54, 1.807) is 0 Å². The van der Waals surface area contributed by atoms with Crippen LogP contribution in [0.5, 0.6) is 0 Å². The van der Waals surface area contributed by atoms with Crippen molar-refractivity contribution in [1.29, 1.82) is 0 Å². The van der Waals surface area contributed by atoms with Crippen LogP contribution >= 0.6 is 0 Å². The first kappa shape index (κ1) is 15.9. The van der Waals surface area contributed by atoms with Crippen molar-refractivity contribution in [2.45, 2.75) is 51.9 Å². The fourth-order valence-corrected chi connectivity index (χ4v) is 1.90. The molecule has 0 aliphatic rings. The Balaban J connectivity index is 3.05. The first-order chi connectivity index (χ1) is 7.56. The Bertz CT molecular complexity index is 236. The van der Waals surface area contributed by atoms with Crippen LogP contribution in [-0.2, 0) is 14.9 Å². The van der Waals surface area contributed by atoms with Crippen molar-refractivity contribution < 1.29 is 17.7 Å². The number of ether oxygens (including phenoxy) is 1. The molecule has 0 amide bonds. The smallest absolute Gasteiger partial charge is 0.0946 e. The van der Waals surface area contributed by atoms with Crippen molar-refractivity contribution in [2.24, 2.45) is 0 Å². The van der Waals surface area contributed by atoms with E-state index in [1.807, 2.05) is 0 Å². The molecule has 0 aliphatic heterocycles. The molecule has 0 aromatic rings. The summed E-state index contributed by atoms with van der Waals surface area (Å²) >= 11 is 0. The lowest BCUT2D eigenvalue weighted by Gasteiger charge is -2.07. The van der Waals surface area contributed by atoms with E-state index >= 15 is 0 Å². The molecule has 98 valence electrons. The molecule has 0 aromatic carbocycles. The highest BCUT2D eigenvalue weighted by molar-refractivity contribution is 7.85. The van der Waals surface area contributed by atoms with Crippen LogP contribution in [0.2, 0.25) is 0 Å². The second-order valence-electron chi connectivity index (χ2n) is 4.00. The van der Waals surface area contributed by atoms with E-state index in [4.69, 9.17) is 4.74 Å². The first-order valence-electron chi connectivity index (χ1n) is 6.07. The average molecular weight is 251 g/mol. The third-order valence-corrected chi connectivity index (χ3v) is 3.11. The molecule has 5 heteroatoms. The highest BCUT2D eigenvalue weighted by atomic mass is 32.2. The molecule has 0 unspecified atom stereocenters. The van der Waals surface area contributed by atoms with Crippen LogP contribution in [0.1, 0.15) is 51.9 Å². The Morgan fingerprint density at radius 2 is 1.50 bits per heavy atom. The quantitative estimate of drug-likeness (QED) is 0.417. The Hall–Kier alpha value is -0.130. The highest BCUT2D eigenvalue weighted by Gasteiger charge is 1.95. The molecule has 0 rings (SSSR count). The summed E-state index contributed by atoms with van der Waals surface area (Å²) in [5, 5.41) is 0. The largest absolute Gasteiger partial charge is 0.748 e. The molecule has 0 fully saturated rings. The van der Waals surface area contributed by atoms with Gasteiger partial charge in [-0.25, -0.2) is 8.42 Å². The van der Waals surface area contributed by atoms with Crippen molar-refractivity contribution in [1.82, 2.24) is 0 Å². The molecule has 0 saturated heterocycles. The molecule has 0 radical (unpaired) electrons. The molecule has 0 N–H and O–H groups in total. The van der Waals surface area contributed by atoms with Gasteiger partial charge >= 0.3 is 0 Å². The standard InChI is InChI=1S/C11H24O4S/c1-2-3-4-5-6-7-9-15-10-8-11-16(12,13)14/h2-11H2,1H3,(H,12,13,14)/p-1. The predicted molar refractivity (Wildman–Crippen MR) is 63.4 cm³/mol. The number of unbranched alkanes of at least 4 members (excludes halogenated alkanes) is 5. The van der Waals surface area contributed by atoms with E-state index in [2.05, 4.69) is 6.92 Å². The Morgan fingerprint density at radius 1 is 0.938 bits per heavy atom. The second-order valence-corrected chi connectivity index (χ2v) is 5.52. The van der Waals surface area contributed by atoms with Crippen LogP contribution in [0.3, 0.4) is 0 Å². The minimum Gasteiger partial charge on any atom is -0.748 e. The fourth-order valence-electron chi connectivity index (χ4n) is 1.42. The minimum absolute atomic E-state index is 0.307. The van der Waals surface area contributed by atoms with Gasteiger partial charge in [-0.1, -0.05) is 39.0 Å². The Labute approximate surface area is 99.1 Å². The summed E-state index contributed by atoms with van der Waals surface area (Å²) in [6.07, 6.45) is 7.56. The molecule has 0 aliphatic carbocycles. The third-order valence-electron chi connectivity index (χ3n) is 2.33. The van der Waals surface area contributed by atoms with Gasteiger partial charge in [0.15, 0.2) is 0 Å². The Kier molecular flexibility index (Phi) is 9.97. The number of hydrogen-bond donors (Lipinski definition) is 0. The molecule has 0 aromatic heterocycles. The van der Waals surface area contributed by atoms with E-state index in [1.165, 1.54) is 32.1 Å². The summed E-state index contributed by atoms with van der Waals surface area (Å²) in [5.74, 6) is -0.316. The molecule has 0 heterocycles. The van der Waals surface area contributed by atoms with Gasteiger partial charge in [0.1, 0.15) is 0 Å². The lowest BCUT2D eigenvalue weighted by molar-refractivity contribution is 0.130. The molecular formula is C11H23O4S-. The third kappa shape index (κ3) is 13.9. The van der Waals surface area contributed by atoms with Gasteiger partial charge in [-0.2, -0.15) is 0 Å². The van der Waals surface area contributed by atoms with E-state index in [0.29, 0.717) is 19.6 Å². The average Bonchev–Trinajstić information content (AvgIpc) is 2.19. The molecule has 0 atom stereocenters. The van der Waals surface area contributed by atoms with Gasteiger partial charge in [0.05, 0.1) is 10.1 Å². The molecule has 0 spiro atoms. The maximum Gasteiger partial charge on any atom is 0.0946 e. The highest BCUT2D eigenvalue weighted by Crippen LogP contribution is 2.04. The monoisotopic (exact) mass is 251 g/mol. The maximum atomic E-state index is 10.3. The summed E-state index contributed by atoms with van der Waals surface area (Å²) in [7, 11) is -4.06. The summed E-state index contributed by atoms with van der Waals surface area (Å²) in [6.45, 7) is 3.23. The van der Waals surface area contributed by atoms with Gasteiger partial charge < -0.3 is 9.29 Å². The number of rotatable bonds is 11. The predicted octanol–water partition coefficient (Wildman–Crippen LogP) is 2.30. The topological polar surface area (TPSA) is 66.4 Å². The normalized spacial score (nSPS) is 11.9. The number of hydrogen-bond acceptors (Lipinski definition) is 4. The molecule has 0 saturated carbocycles. The van der Waals surface area contributed by atoms with Gasteiger partial charge in [0.2, 0.25) is 0 Å². The van der Waals surface area contributed by atoms with Crippen molar-refractivity contribution in [3.63, 3.8) is 0 Å². The first-order valence-corrected chi connectivity index (χ1v) is 7.65. The van der Waals surface area contributed by atoms with Gasteiger partial charge in [0.25, 0.3) is 0 Å². The molecule has 0 bridgehead atoms. The van der Waals surface area contributed by atoms with Crippen molar-refractivity contribution in [3.8, 4) is 0 Å². The van der Waals surface area contributed by atoms with Gasteiger partial charge in [0, 0.05) is 19.0 Å².